The van der Waals surface area contributed by atoms with Gasteiger partial charge in [0, 0.05) is 12.8 Å². The van der Waals surface area contributed by atoms with E-state index in [0.29, 0.717) is 0 Å². The molecule has 0 amide bonds. The van der Waals surface area contributed by atoms with Crippen molar-refractivity contribution in [3.05, 3.63) is 11.6 Å². The smallest absolute Gasteiger partial charge is 0.0417 e. The van der Waals surface area contributed by atoms with Crippen LogP contribution in [0.15, 0.2) is 16.6 Å². The highest BCUT2D eigenvalue weighted by molar-refractivity contribution is 5.72. The fourth-order valence-electron chi connectivity index (χ4n) is 1.10. The third-order valence-corrected chi connectivity index (χ3v) is 1.55. The number of rotatable bonds is 0. The molecule has 0 saturated heterocycles. The molecule has 1 aliphatic rings. The van der Waals surface area contributed by atoms with Crippen LogP contribution in [0.25, 0.3) is 0 Å². The summed E-state index contributed by atoms with van der Waals surface area (Å²) in [5.74, 6) is 0.736. The van der Waals surface area contributed by atoms with Crippen molar-refractivity contribution in [3.8, 4) is 0 Å². The summed E-state index contributed by atoms with van der Waals surface area (Å²) in [5, 5.41) is 0. The Morgan fingerprint density at radius 1 is 1.67 bits per heavy atom. The molecule has 1 heteroatoms. The van der Waals surface area contributed by atoms with Crippen LogP contribution in [0.5, 0.6) is 0 Å². The fourth-order valence-corrected chi connectivity index (χ4v) is 1.10. The molecule has 0 aromatic carbocycles. The van der Waals surface area contributed by atoms with Crippen LogP contribution in [-0.2, 0) is 0 Å². The van der Waals surface area contributed by atoms with Gasteiger partial charge in [0.2, 0.25) is 0 Å². The van der Waals surface area contributed by atoms with Crippen LogP contribution in [0.2, 0.25) is 0 Å². The topological polar surface area (TPSA) is 12.4 Å². The van der Waals surface area contributed by atoms with E-state index in [1.165, 1.54) is 12.0 Å². The summed E-state index contributed by atoms with van der Waals surface area (Å²) in [4.78, 5) is 4.20. The molecular weight excluding hydrogens is 110 g/mol. The molecule has 1 atom stereocenters. The third-order valence-electron chi connectivity index (χ3n) is 1.55. The molecule has 9 heavy (non-hydrogen) atoms. The Bertz CT molecular complexity index is 145. The normalized spacial score (nSPS) is 27.3. The van der Waals surface area contributed by atoms with Gasteiger partial charge in [0.1, 0.15) is 0 Å². The SMILES string of the molecule is CC1=CC=NCC(C)C1. The second-order valence-corrected chi connectivity index (χ2v) is 2.84. The summed E-state index contributed by atoms with van der Waals surface area (Å²) < 4.78 is 0. The van der Waals surface area contributed by atoms with Crippen LogP contribution in [0.1, 0.15) is 20.3 Å². The van der Waals surface area contributed by atoms with E-state index >= 15 is 0 Å². The maximum Gasteiger partial charge on any atom is 0.0417 e. The van der Waals surface area contributed by atoms with Crippen molar-refractivity contribution in [1.82, 2.24) is 0 Å². The Morgan fingerprint density at radius 3 is 3.22 bits per heavy atom. The van der Waals surface area contributed by atoms with E-state index in [4.69, 9.17) is 0 Å². The van der Waals surface area contributed by atoms with Gasteiger partial charge in [-0.3, -0.25) is 4.99 Å². The highest BCUT2D eigenvalue weighted by atomic mass is 14.7. The first-order valence-electron chi connectivity index (χ1n) is 3.44. The third kappa shape index (κ3) is 2.00. The molecule has 0 radical (unpaired) electrons. The molecule has 0 saturated carbocycles. The molecule has 1 aliphatic heterocycles. The standard InChI is InChI=1S/C8H13N/c1-7-3-4-9-6-8(2)5-7/h3-4,8H,5-6H2,1-2H3. The first-order chi connectivity index (χ1) is 4.29. The second-order valence-electron chi connectivity index (χ2n) is 2.84. The Balaban J connectivity index is 2.58. The molecule has 50 valence electrons. The van der Waals surface area contributed by atoms with Crippen LogP contribution in [-0.4, -0.2) is 12.8 Å². The van der Waals surface area contributed by atoms with Gasteiger partial charge in [-0.15, -0.1) is 0 Å². The maximum absolute atomic E-state index is 4.20. The molecule has 0 fully saturated rings. The van der Waals surface area contributed by atoms with E-state index in [1.54, 1.807) is 0 Å². The summed E-state index contributed by atoms with van der Waals surface area (Å²) in [5.41, 5.74) is 1.45. The summed E-state index contributed by atoms with van der Waals surface area (Å²) in [6.07, 6.45) is 5.22. The van der Waals surface area contributed by atoms with Gasteiger partial charge in [0.05, 0.1) is 0 Å². The highest BCUT2D eigenvalue weighted by Gasteiger charge is 2.02. The summed E-state index contributed by atoms with van der Waals surface area (Å²) in [7, 11) is 0. The lowest BCUT2D eigenvalue weighted by atomic mass is 10.0. The van der Waals surface area contributed by atoms with E-state index in [-0.39, 0.29) is 0 Å². The number of nitrogens with zero attached hydrogens (tertiary/aromatic N) is 1. The van der Waals surface area contributed by atoms with Gasteiger partial charge in [0.25, 0.3) is 0 Å². The first-order valence-corrected chi connectivity index (χ1v) is 3.44. The lowest BCUT2D eigenvalue weighted by Crippen LogP contribution is -1.97. The molecule has 1 nitrogen and oxygen atoms in total. The quantitative estimate of drug-likeness (QED) is 0.467. The molecule has 0 bridgehead atoms. The minimum atomic E-state index is 0.736. The van der Waals surface area contributed by atoms with Crippen molar-refractivity contribution < 1.29 is 0 Å². The van der Waals surface area contributed by atoms with Crippen LogP contribution in [0, 0.1) is 5.92 Å². The molecule has 0 aromatic heterocycles. The van der Waals surface area contributed by atoms with E-state index in [2.05, 4.69) is 24.9 Å². The zero-order valence-corrected chi connectivity index (χ0v) is 6.09. The fraction of sp³-hybridized carbons (Fsp3) is 0.625. The lowest BCUT2D eigenvalue weighted by molar-refractivity contribution is 0.596. The van der Waals surface area contributed by atoms with Gasteiger partial charge in [0.15, 0.2) is 0 Å². The zero-order valence-electron chi connectivity index (χ0n) is 6.09. The summed E-state index contributed by atoms with van der Waals surface area (Å²) in [6, 6.07) is 0. The monoisotopic (exact) mass is 123 g/mol. The van der Waals surface area contributed by atoms with E-state index in [1.807, 2.05) is 6.21 Å². The summed E-state index contributed by atoms with van der Waals surface area (Å²) in [6.45, 7) is 5.39. The Labute approximate surface area is 56.5 Å². The van der Waals surface area contributed by atoms with Gasteiger partial charge in [-0.1, -0.05) is 12.5 Å². The summed E-state index contributed by atoms with van der Waals surface area (Å²) >= 11 is 0. The van der Waals surface area contributed by atoms with Gasteiger partial charge >= 0.3 is 0 Å². The van der Waals surface area contributed by atoms with Crippen LogP contribution < -0.4 is 0 Å². The predicted molar refractivity (Wildman–Crippen MR) is 40.9 cm³/mol. The molecule has 1 heterocycles. The van der Waals surface area contributed by atoms with Gasteiger partial charge in [-0.05, 0) is 25.3 Å². The molecular formula is C8H13N. The Hall–Kier alpha value is -0.590. The number of allylic oxidation sites excluding steroid dienone is 2. The van der Waals surface area contributed by atoms with Crippen LogP contribution >= 0.6 is 0 Å². The largest absolute Gasteiger partial charge is 0.293 e. The Morgan fingerprint density at radius 2 is 2.44 bits per heavy atom. The molecule has 0 aromatic rings. The van der Waals surface area contributed by atoms with E-state index < -0.39 is 0 Å². The van der Waals surface area contributed by atoms with Gasteiger partial charge in [-0.2, -0.15) is 0 Å². The highest BCUT2D eigenvalue weighted by Crippen LogP contribution is 2.12. The van der Waals surface area contributed by atoms with Crippen molar-refractivity contribution in [2.75, 3.05) is 6.54 Å². The van der Waals surface area contributed by atoms with Crippen molar-refractivity contribution in [3.63, 3.8) is 0 Å². The second kappa shape index (κ2) is 2.81. The van der Waals surface area contributed by atoms with Gasteiger partial charge in [-0.25, -0.2) is 0 Å². The van der Waals surface area contributed by atoms with Crippen molar-refractivity contribution in [2.45, 2.75) is 20.3 Å². The molecule has 0 N–H and O–H groups in total. The molecule has 0 spiro atoms. The predicted octanol–water partition coefficient (Wildman–Crippen LogP) is 2.04. The van der Waals surface area contributed by atoms with Gasteiger partial charge < -0.3 is 0 Å². The molecule has 1 rings (SSSR count). The van der Waals surface area contributed by atoms with E-state index in [9.17, 15) is 0 Å². The Kier molecular flexibility index (Phi) is 2.04. The zero-order chi connectivity index (χ0) is 6.69. The van der Waals surface area contributed by atoms with Crippen LogP contribution in [0.4, 0.5) is 0 Å². The average Bonchev–Trinajstić information content (AvgIpc) is 1.93. The van der Waals surface area contributed by atoms with Crippen LogP contribution in [0.3, 0.4) is 0 Å². The number of hydrogen-bond acceptors (Lipinski definition) is 1. The van der Waals surface area contributed by atoms with Crippen molar-refractivity contribution in [2.24, 2.45) is 10.9 Å². The average molecular weight is 123 g/mol. The molecule has 1 unspecified atom stereocenters. The lowest BCUT2D eigenvalue weighted by Gasteiger charge is -2.04. The van der Waals surface area contributed by atoms with Crippen molar-refractivity contribution >= 4 is 6.21 Å². The molecule has 0 aliphatic carbocycles. The van der Waals surface area contributed by atoms with E-state index in [0.717, 1.165) is 12.5 Å². The number of aliphatic imine (C=N–C) groups is 1. The minimum Gasteiger partial charge on any atom is -0.293 e. The number of hydrogen-bond donors (Lipinski definition) is 0. The van der Waals surface area contributed by atoms with Crippen molar-refractivity contribution in [1.29, 1.82) is 0 Å². The first kappa shape index (κ1) is 6.53. The minimum absolute atomic E-state index is 0.736. The maximum atomic E-state index is 4.20.